The number of carbonyl (C=O) groups is 1. The van der Waals surface area contributed by atoms with Gasteiger partial charge in [0.25, 0.3) is 5.91 Å². The third-order valence-electron chi connectivity index (χ3n) is 4.46. The van der Waals surface area contributed by atoms with Crippen molar-refractivity contribution in [3.05, 3.63) is 120 Å². The Hall–Kier alpha value is -4.05. The first-order valence-corrected chi connectivity index (χ1v) is 9.67. The molecule has 0 radical (unpaired) electrons. The molecule has 4 nitrogen and oxygen atoms in total. The van der Waals surface area contributed by atoms with Crippen molar-refractivity contribution in [3.8, 4) is 17.2 Å². The Balaban J connectivity index is 1.32. The maximum Gasteiger partial charge on any atom is 0.255 e. The van der Waals surface area contributed by atoms with E-state index >= 15 is 0 Å². The Morgan fingerprint density at radius 1 is 0.633 bits per heavy atom. The van der Waals surface area contributed by atoms with Gasteiger partial charge in [-0.2, -0.15) is 0 Å². The van der Waals surface area contributed by atoms with E-state index in [0.29, 0.717) is 23.6 Å². The number of nitrogens with one attached hydrogen (secondary N) is 1. The fourth-order valence-electron chi connectivity index (χ4n) is 2.88. The number of carbonyl (C=O) groups excluding carboxylic acids is 1. The predicted octanol–water partition coefficient (Wildman–Crippen LogP) is 6.31. The number of ether oxygens (including phenoxy) is 2. The molecule has 4 heteroatoms. The first-order valence-electron chi connectivity index (χ1n) is 9.67. The van der Waals surface area contributed by atoms with E-state index in [1.54, 1.807) is 24.3 Å². The molecule has 0 bridgehead atoms. The van der Waals surface area contributed by atoms with Crippen LogP contribution < -0.4 is 14.8 Å². The highest BCUT2D eigenvalue weighted by molar-refractivity contribution is 6.04. The van der Waals surface area contributed by atoms with Crippen LogP contribution >= 0.6 is 0 Å². The average Bonchev–Trinajstić information content (AvgIpc) is 2.80. The van der Waals surface area contributed by atoms with Crippen molar-refractivity contribution < 1.29 is 14.3 Å². The van der Waals surface area contributed by atoms with Crippen LogP contribution in [0.3, 0.4) is 0 Å². The summed E-state index contributed by atoms with van der Waals surface area (Å²) < 4.78 is 11.5. The topological polar surface area (TPSA) is 47.6 Å². The second kappa shape index (κ2) is 9.43. The highest BCUT2D eigenvalue weighted by Gasteiger charge is 2.07. The van der Waals surface area contributed by atoms with Crippen LogP contribution in [-0.4, -0.2) is 5.91 Å². The minimum atomic E-state index is -0.181. The number of anilines is 1. The molecule has 0 fully saturated rings. The van der Waals surface area contributed by atoms with Gasteiger partial charge in [0.05, 0.1) is 0 Å². The summed E-state index contributed by atoms with van der Waals surface area (Å²) in [4.78, 5) is 12.5. The molecule has 0 saturated carbocycles. The summed E-state index contributed by atoms with van der Waals surface area (Å²) in [5, 5.41) is 2.89. The molecular formula is C26H21NO3. The van der Waals surface area contributed by atoms with Gasteiger partial charge in [0.1, 0.15) is 23.9 Å². The summed E-state index contributed by atoms with van der Waals surface area (Å²) in [6.07, 6.45) is 0. The van der Waals surface area contributed by atoms with E-state index in [4.69, 9.17) is 9.47 Å². The fourth-order valence-corrected chi connectivity index (χ4v) is 2.88. The van der Waals surface area contributed by atoms with Crippen LogP contribution in [0.1, 0.15) is 15.9 Å². The molecule has 1 N–H and O–H groups in total. The highest BCUT2D eigenvalue weighted by Crippen LogP contribution is 2.22. The van der Waals surface area contributed by atoms with E-state index in [9.17, 15) is 4.79 Å². The molecule has 0 aliphatic heterocycles. The smallest absolute Gasteiger partial charge is 0.255 e. The minimum absolute atomic E-state index is 0.181. The van der Waals surface area contributed by atoms with Crippen LogP contribution in [0.15, 0.2) is 109 Å². The van der Waals surface area contributed by atoms with E-state index < -0.39 is 0 Å². The van der Waals surface area contributed by atoms with Gasteiger partial charge in [-0.1, -0.05) is 48.5 Å². The SMILES string of the molecule is O=C(Nc1ccc(OCc2ccccc2)cc1)c1ccc(Oc2ccccc2)cc1. The molecule has 0 aliphatic rings. The molecule has 0 aliphatic carbocycles. The second-order valence-electron chi connectivity index (χ2n) is 6.69. The summed E-state index contributed by atoms with van der Waals surface area (Å²) in [6.45, 7) is 0.504. The minimum Gasteiger partial charge on any atom is -0.489 e. The number of rotatable bonds is 7. The Bertz CT molecular complexity index is 1080. The number of para-hydroxylation sites is 1. The molecule has 0 heterocycles. The molecule has 0 unspecified atom stereocenters. The van der Waals surface area contributed by atoms with Gasteiger partial charge in [0, 0.05) is 11.3 Å². The van der Waals surface area contributed by atoms with Gasteiger partial charge in [-0.15, -0.1) is 0 Å². The maximum atomic E-state index is 12.5. The van der Waals surface area contributed by atoms with Crippen molar-refractivity contribution in [2.75, 3.05) is 5.32 Å². The summed E-state index contributed by atoms with van der Waals surface area (Å²) in [6, 6.07) is 33.9. The lowest BCUT2D eigenvalue weighted by Crippen LogP contribution is -2.11. The first kappa shape index (κ1) is 19.3. The molecule has 0 aromatic heterocycles. The Morgan fingerprint density at radius 3 is 1.87 bits per heavy atom. The third kappa shape index (κ3) is 5.26. The molecule has 148 valence electrons. The van der Waals surface area contributed by atoms with Crippen molar-refractivity contribution in [1.29, 1.82) is 0 Å². The van der Waals surface area contributed by atoms with E-state index in [1.807, 2.05) is 84.9 Å². The standard InChI is InChI=1S/C26H21NO3/c28-26(21-11-15-25(16-12-21)30-24-9-5-2-6-10-24)27-22-13-17-23(18-14-22)29-19-20-7-3-1-4-8-20/h1-18H,19H2,(H,27,28). The lowest BCUT2D eigenvalue weighted by atomic mass is 10.2. The Morgan fingerprint density at radius 2 is 1.20 bits per heavy atom. The van der Waals surface area contributed by atoms with Gasteiger partial charge in [-0.3, -0.25) is 4.79 Å². The van der Waals surface area contributed by atoms with Crippen LogP contribution in [0.2, 0.25) is 0 Å². The van der Waals surface area contributed by atoms with Gasteiger partial charge < -0.3 is 14.8 Å². The summed E-state index contributed by atoms with van der Waals surface area (Å²) >= 11 is 0. The van der Waals surface area contributed by atoms with Gasteiger partial charge in [0.15, 0.2) is 0 Å². The predicted molar refractivity (Wildman–Crippen MR) is 118 cm³/mol. The maximum absolute atomic E-state index is 12.5. The second-order valence-corrected chi connectivity index (χ2v) is 6.69. The largest absolute Gasteiger partial charge is 0.489 e. The van der Waals surface area contributed by atoms with Gasteiger partial charge in [-0.25, -0.2) is 0 Å². The number of amides is 1. The number of hydrogen-bond acceptors (Lipinski definition) is 3. The van der Waals surface area contributed by atoms with Crippen LogP contribution in [-0.2, 0) is 6.61 Å². The highest BCUT2D eigenvalue weighted by atomic mass is 16.5. The molecule has 4 aromatic rings. The van der Waals surface area contributed by atoms with Crippen LogP contribution in [0.5, 0.6) is 17.2 Å². The summed E-state index contributed by atoms with van der Waals surface area (Å²) in [5.41, 5.74) is 2.37. The van der Waals surface area contributed by atoms with E-state index in [1.165, 1.54) is 0 Å². The average molecular weight is 395 g/mol. The molecule has 30 heavy (non-hydrogen) atoms. The fraction of sp³-hybridized carbons (Fsp3) is 0.0385. The van der Waals surface area contributed by atoms with E-state index in [0.717, 1.165) is 17.1 Å². The molecule has 4 rings (SSSR count). The third-order valence-corrected chi connectivity index (χ3v) is 4.46. The van der Waals surface area contributed by atoms with Crippen LogP contribution in [0.25, 0.3) is 0 Å². The van der Waals surface area contributed by atoms with Gasteiger partial charge in [-0.05, 0) is 66.2 Å². The van der Waals surface area contributed by atoms with Gasteiger partial charge >= 0.3 is 0 Å². The first-order chi connectivity index (χ1) is 14.8. The molecule has 0 atom stereocenters. The molecular weight excluding hydrogens is 374 g/mol. The monoisotopic (exact) mass is 395 g/mol. The molecule has 4 aromatic carbocycles. The van der Waals surface area contributed by atoms with Crippen LogP contribution in [0, 0.1) is 0 Å². The normalized spacial score (nSPS) is 10.3. The number of hydrogen-bond donors (Lipinski definition) is 1. The summed E-state index contributed by atoms with van der Waals surface area (Å²) in [7, 11) is 0. The zero-order valence-corrected chi connectivity index (χ0v) is 16.3. The Labute approximate surface area is 175 Å². The van der Waals surface area contributed by atoms with Crippen molar-refractivity contribution in [2.45, 2.75) is 6.61 Å². The lowest BCUT2D eigenvalue weighted by Gasteiger charge is -2.09. The molecule has 0 spiro atoms. The molecule has 1 amide bonds. The van der Waals surface area contributed by atoms with E-state index in [2.05, 4.69) is 5.32 Å². The van der Waals surface area contributed by atoms with Gasteiger partial charge in [0.2, 0.25) is 0 Å². The zero-order chi connectivity index (χ0) is 20.6. The van der Waals surface area contributed by atoms with Crippen molar-refractivity contribution in [1.82, 2.24) is 0 Å². The van der Waals surface area contributed by atoms with E-state index in [-0.39, 0.29) is 5.91 Å². The summed E-state index contributed by atoms with van der Waals surface area (Å²) in [5.74, 6) is 2.00. The van der Waals surface area contributed by atoms with Crippen molar-refractivity contribution in [2.24, 2.45) is 0 Å². The zero-order valence-electron chi connectivity index (χ0n) is 16.3. The van der Waals surface area contributed by atoms with Crippen LogP contribution in [0.4, 0.5) is 5.69 Å². The number of benzene rings is 4. The lowest BCUT2D eigenvalue weighted by molar-refractivity contribution is 0.102. The quantitative estimate of drug-likeness (QED) is 0.399. The molecule has 0 saturated heterocycles. The van der Waals surface area contributed by atoms with Crippen molar-refractivity contribution >= 4 is 11.6 Å². The van der Waals surface area contributed by atoms with Crippen molar-refractivity contribution in [3.63, 3.8) is 0 Å². The Kier molecular flexibility index (Phi) is 6.06.